The smallest absolute Gasteiger partial charge is 0.337 e. The van der Waals surface area contributed by atoms with E-state index in [1.165, 1.54) is 6.07 Å². The number of rotatable bonds is 5. The van der Waals surface area contributed by atoms with Crippen molar-refractivity contribution in [1.29, 1.82) is 0 Å². The van der Waals surface area contributed by atoms with Gasteiger partial charge in [0.05, 0.1) is 22.6 Å². The van der Waals surface area contributed by atoms with Gasteiger partial charge in [-0.05, 0) is 42.0 Å². The molecule has 4 aromatic rings. The molecule has 1 aliphatic heterocycles. The Kier molecular flexibility index (Phi) is 5.17. The Morgan fingerprint density at radius 3 is 2.68 bits per heavy atom. The van der Waals surface area contributed by atoms with Gasteiger partial charge < -0.3 is 9.88 Å². The molecule has 3 amide bonds. The molecule has 0 spiro atoms. The molecular weight excluding hydrogens is 501 g/mol. The second-order valence-corrected chi connectivity index (χ2v) is 9.14. The molecule has 192 valence electrons. The minimum absolute atomic E-state index is 0.0132. The Balaban J connectivity index is 1.34. The first-order valence-corrected chi connectivity index (χ1v) is 11.4. The zero-order valence-electron chi connectivity index (χ0n) is 18.8. The number of nitrogens with one attached hydrogen (secondary N) is 2. The standard InChI is InChI=1S/C23H18F5N7O2/c24-18(25)20-31-16-5-10(1-2-17(16)34(20)9-23(26,27)28)11-6-12(11)13-7-15(33-35-4-3-29-19(13)35)14-8-30-22(37)32-21(14)36/h1-5,7,11-12,14,18H,6,8-9H2,(H2,30,32,36,37)/t11-,12+,14?/m1/s1. The normalized spacial score (nSPS) is 22.1. The highest BCUT2D eigenvalue weighted by Crippen LogP contribution is 2.56. The van der Waals surface area contributed by atoms with E-state index in [4.69, 9.17) is 0 Å². The van der Waals surface area contributed by atoms with Crippen molar-refractivity contribution in [2.75, 3.05) is 6.54 Å². The summed E-state index contributed by atoms with van der Waals surface area (Å²) in [6.45, 7) is -1.46. The van der Waals surface area contributed by atoms with Crippen molar-refractivity contribution >= 4 is 28.6 Å². The molecule has 3 atom stereocenters. The summed E-state index contributed by atoms with van der Waals surface area (Å²) in [6, 6.07) is 5.78. The molecule has 3 aromatic heterocycles. The van der Waals surface area contributed by atoms with E-state index in [9.17, 15) is 31.5 Å². The number of carbonyl (C=O) groups is 2. The van der Waals surface area contributed by atoms with Gasteiger partial charge in [-0.2, -0.15) is 18.3 Å². The largest absolute Gasteiger partial charge is 0.406 e. The van der Waals surface area contributed by atoms with Crippen LogP contribution in [0.1, 0.15) is 53.2 Å². The molecule has 2 N–H and O–H groups in total. The minimum Gasteiger partial charge on any atom is -0.337 e. The highest BCUT2D eigenvalue weighted by Gasteiger charge is 2.42. The fourth-order valence-corrected chi connectivity index (χ4v) is 4.99. The fourth-order valence-electron chi connectivity index (χ4n) is 4.99. The van der Waals surface area contributed by atoms with Crippen molar-refractivity contribution in [3.8, 4) is 0 Å². The van der Waals surface area contributed by atoms with E-state index < -0.39 is 42.8 Å². The summed E-state index contributed by atoms with van der Waals surface area (Å²) in [5, 5.41) is 9.27. The third-order valence-electron chi connectivity index (χ3n) is 6.74. The molecule has 1 unspecified atom stereocenters. The van der Waals surface area contributed by atoms with Crippen LogP contribution in [0.4, 0.5) is 26.7 Å². The summed E-state index contributed by atoms with van der Waals surface area (Å²) in [5.74, 6) is -2.18. The number of hydrogen-bond acceptors (Lipinski definition) is 5. The fraction of sp³-hybridized carbons (Fsp3) is 0.348. The van der Waals surface area contributed by atoms with Crippen LogP contribution in [-0.4, -0.2) is 48.8 Å². The summed E-state index contributed by atoms with van der Waals surface area (Å²) in [7, 11) is 0. The van der Waals surface area contributed by atoms with Crippen LogP contribution in [0.2, 0.25) is 0 Å². The van der Waals surface area contributed by atoms with Gasteiger partial charge in [0.1, 0.15) is 6.54 Å². The van der Waals surface area contributed by atoms with Gasteiger partial charge in [0.25, 0.3) is 6.43 Å². The number of imidazole rings is 2. The molecule has 9 nitrogen and oxygen atoms in total. The maximum atomic E-state index is 13.4. The topological polar surface area (TPSA) is 106 Å². The lowest BCUT2D eigenvalue weighted by atomic mass is 9.99. The van der Waals surface area contributed by atoms with Gasteiger partial charge in [-0.25, -0.2) is 28.1 Å². The number of urea groups is 1. The van der Waals surface area contributed by atoms with Gasteiger partial charge in [-0.15, -0.1) is 0 Å². The molecule has 1 saturated heterocycles. The van der Waals surface area contributed by atoms with E-state index in [-0.39, 0.29) is 29.4 Å². The Bertz CT molecular complexity index is 1560. The monoisotopic (exact) mass is 519 g/mol. The number of nitrogens with zero attached hydrogens (tertiary/aromatic N) is 5. The van der Waals surface area contributed by atoms with E-state index in [1.54, 1.807) is 35.1 Å². The van der Waals surface area contributed by atoms with Crippen molar-refractivity contribution in [3.63, 3.8) is 0 Å². The summed E-state index contributed by atoms with van der Waals surface area (Å²) >= 11 is 0. The van der Waals surface area contributed by atoms with Crippen LogP contribution in [0.25, 0.3) is 16.7 Å². The lowest BCUT2D eigenvalue weighted by molar-refractivity contribution is -0.141. The highest BCUT2D eigenvalue weighted by molar-refractivity contribution is 6.00. The Hall–Kier alpha value is -4.10. The summed E-state index contributed by atoms with van der Waals surface area (Å²) in [5.41, 5.74) is 2.67. The minimum atomic E-state index is -4.68. The number of aromatic nitrogens is 5. The molecule has 1 aromatic carbocycles. The lowest BCUT2D eigenvalue weighted by Crippen LogP contribution is -2.51. The molecule has 4 heterocycles. The number of hydrogen-bond donors (Lipinski definition) is 2. The third-order valence-corrected chi connectivity index (χ3v) is 6.74. The van der Waals surface area contributed by atoms with E-state index in [1.807, 2.05) is 0 Å². The van der Waals surface area contributed by atoms with Crippen LogP contribution in [0.15, 0.2) is 36.7 Å². The highest BCUT2D eigenvalue weighted by atomic mass is 19.4. The van der Waals surface area contributed by atoms with Crippen LogP contribution >= 0.6 is 0 Å². The number of halogens is 5. The molecule has 1 aliphatic carbocycles. The maximum absolute atomic E-state index is 13.4. The third kappa shape index (κ3) is 4.15. The molecule has 0 radical (unpaired) electrons. The van der Waals surface area contributed by atoms with E-state index in [0.717, 1.165) is 11.1 Å². The van der Waals surface area contributed by atoms with E-state index in [2.05, 4.69) is 25.7 Å². The van der Waals surface area contributed by atoms with Gasteiger partial charge in [-0.3, -0.25) is 10.1 Å². The van der Waals surface area contributed by atoms with Gasteiger partial charge in [0, 0.05) is 24.5 Å². The SMILES string of the molecule is O=C1NCC(c2cc([C@H]3C[C@@H]3c3ccc4c(c3)nc(C(F)F)n4CC(F)(F)F)c3nccn3n2)C(=O)N1. The number of carbonyl (C=O) groups excluding carboxylic acids is 2. The van der Waals surface area contributed by atoms with Crippen molar-refractivity contribution in [1.82, 2.24) is 34.8 Å². The quantitative estimate of drug-likeness (QED) is 0.391. The lowest BCUT2D eigenvalue weighted by Gasteiger charge is -2.22. The average molecular weight is 519 g/mol. The molecule has 6 rings (SSSR count). The summed E-state index contributed by atoms with van der Waals surface area (Å²) in [4.78, 5) is 32.0. The van der Waals surface area contributed by atoms with Crippen LogP contribution in [0.3, 0.4) is 0 Å². The van der Waals surface area contributed by atoms with E-state index >= 15 is 0 Å². The van der Waals surface area contributed by atoms with Crippen molar-refractivity contribution in [2.24, 2.45) is 0 Å². The zero-order chi connectivity index (χ0) is 26.1. The molecule has 14 heteroatoms. The molecule has 37 heavy (non-hydrogen) atoms. The van der Waals surface area contributed by atoms with Gasteiger partial charge in [-0.1, -0.05) is 6.07 Å². The molecule has 2 fully saturated rings. The average Bonchev–Trinajstić information content (AvgIpc) is 3.33. The maximum Gasteiger partial charge on any atom is 0.406 e. The predicted octanol–water partition coefficient (Wildman–Crippen LogP) is 3.77. The first-order valence-electron chi connectivity index (χ1n) is 11.4. The predicted molar refractivity (Wildman–Crippen MR) is 118 cm³/mol. The number of fused-ring (bicyclic) bond motifs is 2. The Labute approximate surface area is 204 Å². The summed E-state index contributed by atoms with van der Waals surface area (Å²) < 4.78 is 68.0. The zero-order valence-corrected chi connectivity index (χ0v) is 18.8. The number of alkyl halides is 5. The summed E-state index contributed by atoms with van der Waals surface area (Å²) in [6.07, 6.45) is -3.94. The molecular formula is C23H18F5N7O2. The van der Waals surface area contributed by atoms with Gasteiger partial charge in [0.15, 0.2) is 11.5 Å². The van der Waals surface area contributed by atoms with E-state index in [0.29, 0.717) is 22.3 Å². The molecule has 0 bridgehead atoms. The molecule has 2 aliphatic rings. The van der Waals surface area contributed by atoms with Crippen LogP contribution in [0.5, 0.6) is 0 Å². The number of amides is 3. The van der Waals surface area contributed by atoms with Gasteiger partial charge in [0.2, 0.25) is 5.91 Å². The Morgan fingerprint density at radius 1 is 1.14 bits per heavy atom. The van der Waals surface area contributed by atoms with Crippen molar-refractivity contribution < 1.29 is 31.5 Å². The second kappa shape index (κ2) is 8.21. The van der Waals surface area contributed by atoms with Crippen molar-refractivity contribution in [2.45, 2.75) is 43.3 Å². The van der Waals surface area contributed by atoms with Crippen LogP contribution in [0, 0.1) is 0 Å². The second-order valence-electron chi connectivity index (χ2n) is 9.14. The first-order chi connectivity index (χ1) is 17.6. The van der Waals surface area contributed by atoms with Crippen molar-refractivity contribution in [3.05, 3.63) is 59.3 Å². The number of imide groups is 1. The van der Waals surface area contributed by atoms with Gasteiger partial charge >= 0.3 is 12.2 Å². The Morgan fingerprint density at radius 2 is 1.95 bits per heavy atom. The molecule has 1 saturated carbocycles. The number of benzene rings is 1. The first kappa shape index (κ1) is 23.3. The van der Waals surface area contributed by atoms with Crippen LogP contribution in [-0.2, 0) is 11.3 Å². The van der Waals surface area contributed by atoms with Crippen LogP contribution < -0.4 is 10.6 Å².